The standard InChI is InChI=1S/C23H23FN4O/c24-16-5-6-19-15(9-16)10-20(26-19)22(29)28-14-23(18-3-1-2-4-21(18)28)7-8-27(13-23)17-11-25-12-17/h1-6,9-10,17,25-26H,7-8,11-14H2/t23-/m0/s1. The quantitative estimate of drug-likeness (QED) is 0.708. The topological polar surface area (TPSA) is 51.4 Å². The average molecular weight is 390 g/mol. The number of halogens is 1. The van der Waals surface area contributed by atoms with Crippen molar-refractivity contribution in [3.8, 4) is 0 Å². The molecule has 0 unspecified atom stereocenters. The molecule has 6 rings (SSSR count). The monoisotopic (exact) mass is 390 g/mol. The molecule has 1 atom stereocenters. The first-order chi connectivity index (χ1) is 14.1. The van der Waals surface area contributed by atoms with Crippen LogP contribution in [0.5, 0.6) is 0 Å². The van der Waals surface area contributed by atoms with Crippen LogP contribution in [-0.4, -0.2) is 54.6 Å². The average Bonchev–Trinajstić information content (AvgIpc) is 3.37. The normalized spacial score (nSPS) is 24.4. The Kier molecular flexibility index (Phi) is 3.64. The van der Waals surface area contributed by atoms with Crippen molar-refractivity contribution in [1.29, 1.82) is 0 Å². The summed E-state index contributed by atoms with van der Waals surface area (Å²) in [5.74, 6) is -0.341. The van der Waals surface area contributed by atoms with Gasteiger partial charge in [0.2, 0.25) is 0 Å². The molecule has 0 aliphatic carbocycles. The molecule has 148 valence electrons. The summed E-state index contributed by atoms with van der Waals surface area (Å²) < 4.78 is 13.6. The number of rotatable bonds is 2. The predicted octanol–water partition coefficient (Wildman–Crippen LogP) is 2.88. The minimum absolute atomic E-state index is 0.0000328. The van der Waals surface area contributed by atoms with E-state index in [1.165, 1.54) is 17.7 Å². The van der Waals surface area contributed by atoms with Crippen molar-refractivity contribution in [3.63, 3.8) is 0 Å². The largest absolute Gasteiger partial charge is 0.351 e. The molecule has 29 heavy (non-hydrogen) atoms. The number of para-hydroxylation sites is 1. The van der Waals surface area contributed by atoms with Crippen molar-refractivity contribution in [3.05, 3.63) is 65.6 Å². The second kappa shape index (κ2) is 6.15. The number of amides is 1. The Hall–Kier alpha value is -2.70. The molecule has 2 N–H and O–H groups in total. The maximum absolute atomic E-state index is 13.6. The molecular formula is C23H23FN4O. The zero-order valence-electron chi connectivity index (χ0n) is 16.1. The van der Waals surface area contributed by atoms with Gasteiger partial charge in [-0.05, 0) is 48.9 Å². The molecule has 3 aliphatic heterocycles. The Labute approximate surface area is 168 Å². The lowest BCUT2D eigenvalue weighted by molar-refractivity contribution is 0.0980. The Morgan fingerprint density at radius 3 is 2.79 bits per heavy atom. The van der Waals surface area contributed by atoms with Crippen LogP contribution in [0.25, 0.3) is 10.9 Å². The first-order valence-corrected chi connectivity index (χ1v) is 10.3. The maximum atomic E-state index is 13.6. The smallest absolute Gasteiger partial charge is 0.274 e. The number of fused-ring (bicyclic) bond motifs is 3. The molecule has 3 aromatic rings. The van der Waals surface area contributed by atoms with Crippen LogP contribution < -0.4 is 10.2 Å². The van der Waals surface area contributed by atoms with Crippen LogP contribution in [0, 0.1) is 5.82 Å². The molecule has 0 radical (unpaired) electrons. The first-order valence-electron chi connectivity index (χ1n) is 10.3. The number of carbonyl (C=O) groups is 1. The van der Waals surface area contributed by atoms with E-state index in [9.17, 15) is 9.18 Å². The van der Waals surface area contributed by atoms with Crippen LogP contribution in [0.15, 0.2) is 48.5 Å². The molecule has 0 saturated carbocycles. The lowest BCUT2D eigenvalue weighted by Crippen LogP contribution is -2.57. The molecule has 0 bridgehead atoms. The molecule has 5 nitrogen and oxygen atoms in total. The highest BCUT2D eigenvalue weighted by molar-refractivity contribution is 6.09. The van der Waals surface area contributed by atoms with Gasteiger partial charge in [-0.15, -0.1) is 0 Å². The summed E-state index contributed by atoms with van der Waals surface area (Å²) >= 11 is 0. The number of hydrogen-bond donors (Lipinski definition) is 2. The van der Waals surface area contributed by atoms with Gasteiger partial charge in [0.1, 0.15) is 11.5 Å². The van der Waals surface area contributed by atoms with E-state index >= 15 is 0 Å². The Morgan fingerprint density at radius 1 is 1.10 bits per heavy atom. The fourth-order valence-electron chi connectivity index (χ4n) is 5.27. The second-order valence-corrected chi connectivity index (χ2v) is 8.64. The molecule has 2 aromatic carbocycles. The summed E-state index contributed by atoms with van der Waals surface area (Å²) in [4.78, 5) is 21.1. The molecule has 1 spiro atoms. The highest BCUT2D eigenvalue weighted by atomic mass is 19.1. The summed E-state index contributed by atoms with van der Waals surface area (Å²) in [5.41, 5.74) is 3.58. The number of aromatic amines is 1. The van der Waals surface area contributed by atoms with E-state index in [4.69, 9.17) is 0 Å². The van der Waals surface area contributed by atoms with Crippen molar-refractivity contribution in [2.24, 2.45) is 0 Å². The number of aromatic nitrogens is 1. The third-order valence-corrected chi connectivity index (χ3v) is 6.94. The van der Waals surface area contributed by atoms with Crippen LogP contribution in [-0.2, 0) is 5.41 Å². The summed E-state index contributed by atoms with van der Waals surface area (Å²) in [6.45, 7) is 4.90. The molecule has 6 heteroatoms. The minimum Gasteiger partial charge on any atom is -0.351 e. The minimum atomic E-state index is -0.294. The van der Waals surface area contributed by atoms with Gasteiger partial charge in [-0.2, -0.15) is 0 Å². The number of carbonyl (C=O) groups excluding carboxylic acids is 1. The van der Waals surface area contributed by atoms with Crippen LogP contribution in [0.3, 0.4) is 0 Å². The highest BCUT2D eigenvalue weighted by Crippen LogP contribution is 2.47. The van der Waals surface area contributed by atoms with Crippen molar-refractivity contribution >= 4 is 22.5 Å². The molecule has 1 aromatic heterocycles. The van der Waals surface area contributed by atoms with Gasteiger partial charge in [0.05, 0.1) is 0 Å². The Morgan fingerprint density at radius 2 is 1.97 bits per heavy atom. The van der Waals surface area contributed by atoms with Gasteiger partial charge in [0, 0.05) is 54.2 Å². The number of anilines is 1. The van der Waals surface area contributed by atoms with Crippen molar-refractivity contribution < 1.29 is 9.18 Å². The molecule has 2 fully saturated rings. The fourth-order valence-corrected chi connectivity index (χ4v) is 5.27. The lowest BCUT2D eigenvalue weighted by Gasteiger charge is -2.36. The van der Waals surface area contributed by atoms with E-state index in [1.54, 1.807) is 12.1 Å². The highest BCUT2D eigenvalue weighted by Gasteiger charge is 2.50. The molecule has 4 heterocycles. The van der Waals surface area contributed by atoms with Gasteiger partial charge < -0.3 is 15.2 Å². The summed E-state index contributed by atoms with van der Waals surface area (Å²) in [7, 11) is 0. The van der Waals surface area contributed by atoms with E-state index in [1.807, 2.05) is 11.0 Å². The third kappa shape index (κ3) is 2.56. The summed E-state index contributed by atoms with van der Waals surface area (Å²) in [6.07, 6.45) is 1.07. The number of nitrogens with one attached hydrogen (secondary N) is 2. The zero-order valence-corrected chi connectivity index (χ0v) is 16.1. The number of H-pyrrole nitrogens is 1. The van der Waals surface area contributed by atoms with Crippen LogP contribution >= 0.6 is 0 Å². The number of hydrogen-bond acceptors (Lipinski definition) is 3. The van der Waals surface area contributed by atoms with Gasteiger partial charge in [-0.25, -0.2) is 4.39 Å². The Bertz CT molecular complexity index is 1120. The molecule has 3 aliphatic rings. The van der Waals surface area contributed by atoms with Gasteiger partial charge >= 0.3 is 0 Å². The van der Waals surface area contributed by atoms with Crippen molar-refractivity contribution in [2.75, 3.05) is 37.6 Å². The predicted molar refractivity (Wildman–Crippen MR) is 111 cm³/mol. The zero-order chi connectivity index (χ0) is 19.6. The SMILES string of the molecule is O=C(c1cc2cc(F)ccc2[nH]1)N1C[C@@]2(CCN(C3CNC3)C2)c2ccccc21. The van der Waals surface area contributed by atoms with E-state index < -0.39 is 0 Å². The third-order valence-electron chi connectivity index (χ3n) is 6.94. The van der Waals surface area contributed by atoms with Crippen LogP contribution in [0.2, 0.25) is 0 Å². The van der Waals surface area contributed by atoms with Gasteiger partial charge in [0.25, 0.3) is 5.91 Å². The molecule has 1 amide bonds. The number of likely N-dealkylation sites (tertiary alicyclic amines) is 1. The van der Waals surface area contributed by atoms with Gasteiger partial charge in [-0.1, -0.05) is 18.2 Å². The van der Waals surface area contributed by atoms with E-state index in [0.717, 1.165) is 49.2 Å². The summed E-state index contributed by atoms with van der Waals surface area (Å²) in [6, 6.07) is 15.3. The molecular weight excluding hydrogens is 367 g/mol. The van der Waals surface area contributed by atoms with E-state index in [-0.39, 0.29) is 17.1 Å². The van der Waals surface area contributed by atoms with E-state index in [0.29, 0.717) is 18.3 Å². The lowest BCUT2D eigenvalue weighted by atomic mass is 9.81. The summed E-state index contributed by atoms with van der Waals surface area (Å²) in [5, 5.41) is 4.09. The fraction of sp³-hybridized carbons (Fsp3) is 0.348. The number of nitrogens with zero attached hydrogens (tertiary/aromatic N) is 2. The van der Waals surface area contributed by atoms with Crippen molar-refractivity contribution in [2.45, 2.75) is 17.9 Å². The van der Waals surface area contributed by atoms with Crippen LogP contribution in [0.4, 0.5) is 10.1 Å². The maximum Gasteiger partial charge on any atom is 0.274 e. The number of benzene rings is 2. The van der Waals surface area contributed by atoms with Gasteiger partial charge in [0.15, 0.2) is 0 Å². The van der Waals surface area contributed by atoms with E-state index in [2.05, 4.69) is 33.4 Å². The van der Waals surface area contributed by atoms with Crippen molar-refractivity contribution in [1.82, 2.24) is 15.2 Å². The second-order valence-electron chi connectivity index (χ2n) is 8.64. The van der Waals surface area contributed by atoms with Crippen LogP contribution in [0.1, 0.15) is 22.5 Å². The Balaban J connectivity index is 1.35. The molecule has 2 saturated heterocycles. The van der Waals surface area contributed by atoms with Gasteiger partial charge in [-0.3, -0.25) is 9.69 Å². The first kappa shape index (κ1) is 17.2.